The van der Waals surface area contributed by atoms with Gasteiger partial charge in [-0.1, -0.05) is 6.92 Å². The Morgan fingerprint density at radius 2 is 2.31 bits per heavy atom. The van der Waals surface area contributed by atoms with Crippen LogP contribution in [-0.2, 0) is 0 Å². The van der Waals surface area contributed by atoms with E-state index in [4.69, 9.17) is 5.26 Å². The SMILES string of the molecule is CCC(C#N)NCC(C)(O)CSC. The third kappa shape index (κ3) is 5.92. The van der Waals surface area contributed by atoms with E-state index in [0.717, 1.165) is 6.42 Å². The third-order valence-electron chi connectivity index (χ3n) is 1.75. The molecular formula is C9H18N2OS. The summed E-state index contributed by atoms with van der Waals surface area (Å²) in [5.41, 5.74) is -0.719. The molecule has 0 spiro atoms. The first-order chi connectivity index (χ1) is 6.05. The highest BCUT2D eigenvalue weighted by atomic mass is 32.2. The zero-order valence-electron chi connectivity index (χ0n) is 8.50. The van der Waals surface area contributed by atoms with Crippen molar-refractivity contribution >= 4 is 11.8 Å². The first-order valence-corrected chi connectivity index (χ1v) is 5.79. The Bertz CT molecular complexity index is 177. The number of rotatable bonds is 6. The number of nitriles is 1. The average molecular weight is 202 g/mol. The van der Waals surface area contributed by atoms with E-state index in [1.807, 2.05) is 13.2 Å². The molecule has 0 amide bonds. The van der Waals surface area contributed by atoms with Crippen LogP contribution in [0.25, 0.3) is 0 Å². The molecule has 3 nitrogen and oxygen atoms in total. The van der Waals surface area contributed by atoms with Crippen molar-refractivity contribution in [3.05, 3.63) is 0 Å². The number of hydrogen-bond acceptors (Lipinski definition) is 4. The van der Waals surface area contributed by atoms with Gasteiger partial charge in [-0.25, -0.2) is 0 Å². The highest BCUT2D eigenvalue weighted by Crippen LogP contribution is 2.09. The van der Waals surface area contributed by atoms with Gasteiger partial charge in [0, 0.05) is 12.3 Å². The summed E-state index contributed by atoms with van der Waals surface area (Å²) in [6, 6.07) is 1.99. The number of hydrogen-bond donors (Lipinski definition) is 2. The average Bonchev–Trinajstić information content (AvgIpc) is 2.06. The van der Waals surface area contributed by atoms with Gasteiger partial charge in [-0.05, 0) is 19.6 Å². The van der Waals surface area contributed by atoms with Crippen LogP contribution >= 0.6 is 11.8 Å². The Labute approximate surface area is 84.5 Å². The molecule has 13 heavy (non-hydrogen) atoms. The lowest BCUT2D eigenvalue weighted by Gasteiger charge is -2.23. The molecule has 0 radical (unpaired) electrons. The second kappa shape index (κ2) is 6.25. The number of aliphatic hydroxyl groups is 1. The van der Waals surface area contributed by atoms with Crippen molar-refractivity contribution in [2.45, 2.75) is 31.9 Å². The number of nitrogens with zero attached hydrogens (tertiary/aromatic N) is 1. The van der Waals surface area contributed by atoms with Crippen LogP contribution in [0.1, 0.15) is 20.3 Å². The highest BCUT2D eigenvalue weighted by Gasteiger charge is 2.20. The lowest BCUT2D eigenvalue weighted by molar-refractivity contribution is 0.0831. The predicted molar refractivity (Wildman–Crippen MR) is 56.7 cm³/mol. The molecule has 2 atom stereocenters. The van der Waals surface area contributed by atoms with E-state index in [1.54, 1.807) is 18.7 Å². The molecule has 0 aromatic carbocycles. The van der Waals surface area contributed by atoms with Crippen molar-refractivity contribution in [1.29, 1.82) is 5.26 Å². The molecule has 2 unspecified atom stereocenters. The molecule has 0 saturated heterocycles. The molecule has 0 aliphatic rings. The van der Waals surface area contributed by atoms with Crippen LogP contribution < -0.4 is 5.32 Å². The molecule has 0 aromatic rings. The largest absolute Gasteiger partial charge is 0.388 e. The molecule has 4 heteroatoms. The van der Waals surface area contributed by atoms with Gasteiger partial charge in [-0.2, -0.15) is 17.0 Å². The van der Waals surface area contributed by atoms with Crippen LogP contribution in [0.5, 0.6) is 0 Å². The minimum atomic E-state index is -0.719. The Morgan fingerprint density at radius 1 is 1.69 bits per heavy atom. The van der Waals surface area contributed by atoms with Gasteiger partial charge in [0.1, 0.15) is 0 Å². The summed E-state index contributed by atoms with van der Waals surface area (Å²) in [4.78, 5) is 0. The summed E-state index contributed by atoms with van der Waals surface area (Å²) in [6.07, 6.45) is 2.72. The van der Waals surface area contributed by atoms with Crippen molar-refractivity contribution in [3.8, 4) is 6.07 Å². The van der Waals surface area contributed by atoms with E-state index in [-0.39, 0.29) is 6.04 Å². The van der Waals surface area contributed by atoms with Crippen LogP contribution in [0.4, 0.5) is 0 Å². The maximum atomic E-state index is 9.76. The molecule has 0 bridgehead atoms. The Morgan fingerprint density at radius 3 is 2.69 bits per heavy atom. The first-order valence-electron chi connectivity index (χ1n) is 4.40. The topological polar surface area (TPSA) is 56.0 Å². The summed E-state index contributed by atoms with van der Waals surface area (Å²) < 4.78 is 0. The lowest BCUT2D eigenvalue weighted by atomic mass is 10.1. The maximum absolute atomic E-state index is 9.76. The lowest BCUT2D eigenvalue weighted by Crippen LogP contribution is -2.43. The molecular weight excluding hydrogens is 184 g/mol. The third-order valence-corrected chi connectivity index (χ3v) is 2.66. The fourth-order valence-corrected chi connectivity index (χ4v) is 1.71. The highest BCUT2D eigenvalue weighted by molar-refractivity contribution is 7.98. The van der Waals surface area contributed by atoms with Crippen molar-refractivity contribution in [3.63, 3.8) is 0 Å². The predicted octanol–water partition coefficient (Wildman–Crippen LogP) is 0.992. The van der Waals surface area contributed by atoms with Crippen LogP contribution in [0.15, 0.2) is 0 Å². The molecule has 0 fully saturated rings. The molecule has 0 aliphatic heterocycles. The van der Waals surface area contributed by atoms with E-state index in [9.17, 15) is 5.11 Å². The molecule has 0 rings (SSSR count). The summed E-state index contributed by atoms with van der Waals surface area (Å²) >= 11 is 1.60. The summed E-state index contributed by atoms with van der Waals surface area (Å²) in [5, 5.41) is 21.4. The Hall–Kier alpha value is -0.240. The van der Waals surface area contributed by atoms with Gasteiger partial charge in [0.05, 0.1) is 17.7 Å². The Kier molecular flexibility index (Phi) is 6.13. The van der Waals surface area contributed by atoms with Gasteiger partial charge in [0.2, 0.25) is 0 Å². The molecule has 0 saturated carbocycles. The van der Waals surface area contributed by atoms with Crippen molar-refractivity contribution < 1.29 is 5.11 Å². The Balaban J connectivity index is 3.80. The van der Waals surface area contributed by atoms with Crippen LogP contribution in [-0.4, -0.2) is 35.3 Å². The molecule has 76 valence electrons. The van der Waals surface area contributed by atoms with E-state index in [0.29, 0.717) is 12.3 Å². The van der Waals surface area contributed by atoms with Gasteiger partial charge in [0.25, 0.3) is 0 Å². The maximum Gasteiger partial charge on any atom is 0.0951 e. The molecule has 0 aliphatic carbocycles. The zero-order chi connectivity index (χ0) is 10.3. The monoisotopic (exact) mass is 202 g/mol. The second-order valence-electron chi connectivity index (χ2n) is 3.40. The molecule has 2 N–H and O–H groups in total. The smallest absolute Gasteiger partial charge is 0.0951 e. The minimum absolute atomic E-state index is 0.145. The van der Waals surface area contributed by atoms with Crippen molar-refractivity contribution in [2.75, 3.05) is 18.6 Å². The summed E-state index contributed by atoms with van der Waals surface area (Å²) in [7, 11) is 0. The van der Waals surface area contributed by atoms with Crippen LogP contribution in [0.2, 0.25) is 0 Å². The van der Waals surface area contributed by atoms with Crippen LogP contribution in [0.3, 0.4) is 0 Å². The standard InChI is InChI=1S/C9H18N2OS/c1-4-8(5-10)11-6-9(2,12)7-13-3/h8,11-12H,4,6-7H2,1-3H3. The van der Waals surface area contributed by atoms with E-state index < -0.39 is 5.60 Å². The molecule has 0 heterocycles. The van der Waals surface area contributed by atoms with Crippen molar-refractivity contribution in [2.24, 2.45) is 0 Å². The van der Waals surface area contributed by atoms with E-state index in [2.05, 4.69) is 11.4 Å². The second-order valence-corrected chi connectivity index (χ2v) is 4.27. The molecule has 0 aromatic heterocycles. The van der Waals surface area contributed by atoms with Gasteiger partial charge in [-0.3, -0.25) is 5.32 Å². The number of thioether (sulfide) groups is 1. The minimum Gasteiger partial charge on any atom is -0.388 e. The van der Waals surface area contributed by atoms with Gasteiger partial charge in [0.15, 0.2) is 0 Å². The fourth-order valence-electron chi connectivity index (χ4n) is 0.986. The quantitative estimate of drug-likeness (QED) is 0.674. The summed E-state index contributed by atoms with van der Waals surface area (Å²) in [6.45, 7) is 4.20. The summed E-state index contributed by atoms with van der Waals surface area (Å²) in [5.74, 6) is 0.682. The van der Waals surface area contributed by atoms with E-state index >= 15 is 0 Å². The first kappa shape index (κ1) is 12.8. The fraction of sp³-hybridized carbons (Fsp3) is 0.889. The van der Waals surface area contributed by atoms with Crippen LogP contribution in [0, 0.1) is 11.3 Å². The zero-order valence-corrected chi connectivity index (χ0v) is 9.32. The van der Waals surface area contributed by atoms with Gasteiger partial charge in [-0.15, -0.1) is 0 Å². The van der Waals surface area contributed by atoms with Gasteiger partial charge >= 0.3 is 0 Å². The van der Waals surface area contributed by atoms with Gasteiger partial charge < -0.3 is 5.11 Å². The number of nitrogens with one attached hydrogen (secondary N) is 1. The van der Waals surface area contributed by atoms with E-state index in [1.165, 1.54) is 0 Å². The normalized spacial score (nSPS) is 17.5. The van der Waals surface area contributed by atoms with Crippen molar-refractivity contribution in [1.82, 2.24) is 5.32 Å².